The molecule has 0 aromatic heterocycles. The number of hydrogen-bond donors (Lipinski definition) is 3. The van der Waals surface area contributed by atoms with Gasteiger partial charge in [0, 0.05) is 46.9 Å². The summed E-state index contributed by atoms with van der Waals surface area (Å²) >= 11 is 0. The average Bonchev–Trinajstić information content (AvgIpc) is 0.798. The molecule has 3 N–H and O–H groups in total. The Balaban J connectivity index is 0. The molecule has 0 radical (unpaired) electrons. The zero-order valence-electron chi connectivity index (χ0n) is 59.4. The molecule has 0 aromatic rings. The molecule has 2 aliphatic heterocycles. The molecular weight excluding hydrogens is 1250 g/mol. The first-order valence-electron chi connectivity index (χ1n) is 35.2. The van der Waals surface area contributed by atoms with Gasteiger partial charge >= 0.3 is 88.7 Å². The van der Waals surface area contributed by atoms with Crippen LogP contribution in [0, 0.1) is 0 Å². The predicted octanol–water partition coefficient (Wildman–Crippen LogP) is 3.45. The van der Waals surface area contributed by atoms with Gasteiger partial charge in [-0.25, -0.2) is 0 Å². The second kappa shape index (κ2) is 61.0. The number of rotatable bonds is 59. The zero-order valence-corrected chi connectivity index (χ0v) is 67.2. The molecule has 524 valence electrons. The maximum Gasteiger partial charge on any atom is 1.00 e. The molecule has 2 fully saturated rings. The van der Waals surface area contributed by atoms with Crippen LogP contribution in [0.15, 0.2) is 12.2 Å². The molecule has 2 amide bonds. The van der Waals surface area contributed by atoms with E-state index in [2.05, 4.69) is 50.5 Å². The Bertz CT molecular complexity index is 1910. The summed E-state index contributed by atoms with van der Waals surface area (Å²) in [7, 11) is -7.45. The largest absolute Gasteiger partial charge is 1.00 e. The van der Waals surface area contributed by atoms with Gasteiger partial charge in [-0.15, -0.1) is 0 Å². The van der Waals surface area contributed by atoms with E-state index in [1.54, 1.807) is 7.11 Å². The topological polar surface area (TPSA) is 282 Å². The predicted molar refractivity (Wildman–Crippen MR) is 344 cm³/mol. The van der Waals surface area contributed by atoms with Crippen LogP contribution in [0.3, 0.4) is 0 Å². The van der Waals surface area contributed by atoms with Gasteiger partial charge in [0.05, 0.1) is 33.6 Å². The van der Waals surface area contributed by atoms with Gasteiger partial charge in [-0.3, -0.25) is 14.4 Å². The molecule has 0 bridgehead atoms. The number of Topliss-reactive ketones (excluding diaryl/α,β-unsaturated/α-hetero) is 1. The second-order valence-electron chi connectivity index (χ2n) is 25.1. The van der Waals surface area contributed by atoms with Crippen LogP contribution in [0.2, 0.25) is 0 Å². The number of carbonyl (C=O) groups is 3. The molecule has 12 atom stereocenters. The minimum absolute atomic E-state index is 0. The van der Waals surface area contributed by atoms with Crippen molar-refractivity contribution in [1.82, 2.24) is 10.6 Å². The number of unbranched alkanes of at least 4 members (excludes halogenated alkanes) is 30. The zero-order chi connectivity index (χ0) is 65.4. The fourth-order valence-electron chi connectivity index (χ4n) is 11.7. The van der Waals surface area contributed by atoms with Gasteiger partial charge in [0.25, 0.3) is 0 Å². The van der Waals surface area contributed by atoms with E-state index in [0.29, 0.717) is 25.7 Å². The molecule has 2 saturated heterocycles. The third kappa shape index (κ3) is 47.4. The molecule has 92 heavy (non-hydrogen) atoms. The number of allylic oxidation sites excluding steroid dienone is 2. The molecule has 0 saturated carbocycles. The summed E-state index contributed by atoms with van der Waals surface area (Å²) in [6, 6.07) is -2.75. The van der Waals surface area contributed by atoms with Crippen molar-refractivity contribution in [3.05, 3.63) is 12.2 Å². The van der Waals surface area contributed by atoms with Crippen LogP contribution in [-0.2, 0) is 65.7 Å². The fraction of sp³-hybridized carbons (Fsp3) is 0.925. The van der Waals surface area contributed by atoms with E-state index in [4.69, 9.17) is 42.2 Å². The van der Waals surface area contributed by atoms with E-state index in [1.807, 2.05) is 0 Å². The van der Waals surface area contributed by atoms with Crippen molar-refractivity contribution < 1.29 is 174 Å². The maximum absolute atomic E-state index is 14.1. The monoisotopic (exact) mass is 1380 g/mol. The molecule has 0 aliphatic carbocycles. The van der Waals surface area contributed by atoms with Crippen LogP contribution in [0.25, 0.3) is 0 Å². The van der Waals surface area contributed by atoms with E-state index < -0.39 is 102 Å². The van der Waals surface area contributed by atoms with Crippen molar-refractivity contribution in [2.45, 2.75) is 352 Å². The van der Waals surface area contributed by atoms with Gasteiger partial charge in [0.15, 0.2) is 12.6 Å². The van der Waals surface area contributed by atoms with Crippen LogP contribution >= 0.6 is 15.4 Å². The van der Waals surface area contributed by atoms with E-state index in [1.165, 1.54) is 64.9 Å². The third-order valence-electron chi connectivity index (χ3n) is 16.9. The van der Waals surface area contributed by atoms with Crippen LogP contribution in [0.5, 0.6) is 0 Å². The van der Waals surface area contributed by atoms with Crippen LogP contribution in [-0.4, -0.2) is 137 Å². The summed E-state index contributed by atoms with van der Waals surface area (Å²) in [6.45, 7) is 8.78. The summed E-state index contributed by atoms with van der Waals surface area (Å²) in [6.07, 6.45) is 29.9. The number of aliphatic hydroxyl groups excluding tert-OH is 1. The Kier molecular flexibility index (Phi) is 63.2. The first kappa shape index (κ1) is 95.3. The van der Waals surface area contributed by atoms with Gasteiger partial charge in [0.2, 0.25) is 11.8 Å². The van der Waals surface area contributed by atoms with Gasteiger partial charge in [0.1, 0.15) is 62.1 Å². The summed E-state index contributed by atoms with van der Waals surface area (Å²) in [5, 5.41) is 18.0. The Morgan fingerprint density at radius 2 is 0.946 bits per heavy atom. The van der Waals surface area contributed by atoms with E-state index >= 15 is 0 Å². The van der Waals surface area contributed by atoms with Crippen LogP contribution < -0.4 is 114 Å². The fourth-order valence-corrected chi connectivity index (χ4v) is 12.9. The van der Waals surface area contributed by atoms with Gasteiger partial charge in [-0.2, -0.15) is 0 Å². The number of phosphoric acid groups is 1. The summed E-state index contributed by atoms with van der Waals surface area (Å²) < 4.78 is 79.6. The quantitative estimate of drug-likeness (QED) is 0.0258. The molecule has 2 aliphatic rings. The Morgan fingerprint density at radius 1 is 0.500 bits per heavy atom. The smallest absolute Gasteiger partial charge is 0.790 e. The number of amides is 2. The maximum atomic E-state index is 14.1. The Labute approximate surface area is 623 Å². The van der Waals surface area contributed by atoms with E-state index in [9.17, 15) is 43.3 Å². The average molecular weight is 1380 g/mol. The van der Waals surface area contributed by atoms with Crippen molar-refractivity contribution in [2.24, 2.45) is 0 Å². The van der Waals surface area contributed by atoms with Gasteiger partial charge < -0.3 is 81.8 Å². The van der Waals surface area contributed by atoms with Crippen LogP contribution in [0.1, 0.15) is 285 Å². The number of phosphoric ester groups is 1. The summed E-state index contributed by atoms with van der Waals surface area (Å²) in [4.78, 5) is 79.2. The Morgan fingerprint density at radius 3 is 1.46 bits per heavy atom. The molecule has 0 aromatic carbocycles. The number of aliphatic hydroxyl groups is 1. The third-order valence-corrected chi connectivity index (χ3v) is 18.0. The van der Waals surface area contributed by atoms with Crippen molar-refractivity contribution in [1.29, 1.82) is 0 Å². The molecular formula is C67H125N2Na3O18P2. The first-order chi connectivity index (χ1) is 42.9. The SMILES string of the molecule is CCCCCC/C=C\CCCCCCCCCC(=O)NC1C(OCC2OC(OP(C)(=O)[O-])C(NC(=O)CC(=O)CCCCCCCCCCC)C(OCCCCCCCCCC)C2O)OC(COC)C(OP(=O)([O-])[O-])C1OCC[C@@H](CCCCCCC)OC.[Na+].[Na+].[Na+]. The normalized spacial score (nSPS) is 22.6. The standard InChI is InChI=1S/C67H128N2O18P2.3Na/c1-8-12-16-20-23-26-27-28-29-30-31-33-35-39-43-47-58(71)68-61-65(82-50-48-55(80-6)46-42-37-19-15-11-4)63(86-89(76,77)78)57(52-79-5)85-66(61)83-53-56-62(73)64(81-49-44-40-36-25-22-18-14-10-3)60(67(84-56)87-88(7,74)75)69-59(72)51-54(70)45-41-38-34-32-24-21-17-13-9-2;;;/h26-27,55-57,60-67,73H,8-25,28-53H2,1-7H3,(H,68,71)(H,69,72)(H,74,75)(H2,76,77,78);;;/q;3*+1/p-3/b27-26-;;;/t55-,56?,57?,60?,61?,62?,63?,64?,65?,66?,67?;;;/m1.../s1. The van der Waals surface area contributed by atoms with Crippen molar-refractivity contribution in [2.75, 3.05) is 47.3 Å². The van der Waals surface area contributed by atoms with Crippen LogP contribution in [0.4, 0.5) is 0 Å². The number of hydrogen-bond acceptors (Lipinski definition) is 18. The van der Waals surface area contributed by atoms with Crippen molar-refractivity contribution >= 4 is 33.0 Å². The summed E-state index contributed by atoms with van der Waals surface area (Å²) in [5.41, 5.74) is 0. The first-order valence-corrected chi connectivity index (χ1v) is 38.6. The molecule has 25 heteroatoms. The molecule has 2 rings (SSSR count). The minimum Gasteiger partial charge on any atom is -0.790 e. The van der Waals surface area contributed by atoms with Crippen molar-refractivity contribution in [3.8, 4) is 0 Å². The number of methoxy groups -OCH3 is 2. The van der Waals surface area contributed by atoms with Gasteiger partial charge in [-0.05, 0) is 57.8 Å². The molecule has 11 unspecified atom stereocenters. The van der Waals surface area contributed by atoms with Crippen molar-refractivity contribution in [3.63, 3.8) is 0 Å². The van der Waals surface area contributed by atoms with Gasteiger partial charge in [-0.1, -0.05) is 220 Å². The minimum atomic E-state index is -5.75. The Hall–Kier alpha value is 1.29. The number of nitrogens with one attached hydrogen (secondary N) is 2. The summed E-state index contributed by atoms with van der Waals surface area (Å²) in [5.74, 6) is -1.45. The number of ether oxygens (including phenoxy) is 7. The number of carbonyl (C=O) groups excluding carboxylic acids is 3. The second-order valence-corrected chi connectivity index (χ2v) is 27.9. The number of ketones is 1. The molecule has 0 spiro atoms. The van der Waals surface area contributed by atoms with E-state index in [-0.39, 0.29) is 133 Å². The molecule has 2 heterocycles. The molecule has 20 nitrogen and oxygen atoms in total. The van der Waals surface area contributed by atoms with E-state index in [0.717, 1.165) is 161 Å².